The Balaban J connectivity index is 2.04. The molecule has 2 heterocycles. The third-order valence-corrected chi connectivity index (χ3v) is 4.30. The molecule has 0 aliphatic carbocycles. The molecule has 1 unspecified atom stereocenters. The number of nitrogens with one attached hydrogen (secondary N) is 2. The van der Waals surface area contributed by atoms with E-state index in [-0.39, 0.29) is 11.5 Å². The number of rotatable bonds is 1. The summed E-state index contributed by atoms with van der Waals surface area (Å²) < 4.78 is 11.6. The van der Waals surface area contributed by atoms with E-state index in [1.807, 2.05) is 0 Å². The number of hydrogen-bond donors (Lipinski definition) is 3. The molecular formula is C15H31N3O3. The third kappa shape index (κ3) is 4.87. The Labute approximate surface area is 128 Å². The second kappa shape index (κ2) is 7.35. The molecule has 0 saturated carbocycles. The maximum absolute atomic E-state index is 11.1. The molecule has 0 aromatic rings. The summed E-state index contributed by atoms with van der Waals surface area (Å²) in [6, 6.07) is -0.0152. The van der Waals surface area contributed by atoms with Crippen molar-refractivity contribution in [2.24, 2.45) is 5.41 Å². The Hall–Kier alpha value is -0.240. The Morgan fingerprint density at radius 1 is 1.00 bits per heavy atom. The molecule has 2 saturated heterocycles. The zero-order valence-electron chi connectivity index (χ0n) is 13.7. The van der Waals surface area contributed by atoms with E-state index < -0.39 is 5.60 Å². The van der Waals surface area contributed by atoms with Gasteiger partial charge < -0.3 is 25.2 Å². The average molecular weight is 301 g/mol. The second-order valence-corrected chi connectivity index (χ2v) is 7.20. The first kappa shape index (κ1) is 17.1. The van der Waals surface area contributed by atoms with Crippen molar-refractivity contribution in [1.82, 2.24) is 15.5 Å². The lowest BCUT2D eigenvalue weighted by molar-refractivity contribution is -0.170. The van der Waals surface area contributed by atoms with Gasteiger partial charge in [-0.15, -0.1) is 0 Å². The Kier molecular flexibility index (Phi) is 5.99. The molecule has 6 heteroatoms. The van der Waals surface area contributed by atoms with Gasteiger partial charge in [-0.3, -0.25) is 4.90 Å². The number of ether oxygens (including phenoxy) is 2. The summed E-state index contributed by atoms with van der Waals surface area (Å²) in [4.78, 5) is 2.20. The normalized spacial score (nSPS) is 32.3. The van der Waals surface area contributed by atoms with E-state index in [1.165, 1.54) is 0 Å². The van der Waals surface area contributed by atoms with Crippen molar-refractivity contribution in [3.05, 3.63) is 0 Å². The number of nitrogens with zero attached hydrogens (tertiary/aromatic N) is 1. The lowest BCUT2D eigenvalue weighted by atomic mass is 9.91. The molecule has 2 aliphatic heterocycles. The maximum atomic E-state index is 11.1. The van der Waals surface area contributed by atoms with Gasteiger partial charge in [0.25, 0.3) is 0 Å². The van der Waals surface area contributed by atoms with E-state index in [9.17, 15) is 5.11 Å². The van der Waals surface area contributed by atoms with Crippen LogP contribution in [0.1, 0.15) is 13.8 Å². The topological polar surface area (TPSA) is 66.0 Å². The molecule has 2 fully saturated rings. The van der Waals surface area contributed by atoms with Crippen molar-refractivity contribution in [2.45, 2.75) is 25.5 Å². The van der Waals surface area contributed by atoms with Crippen molar-refractivity contribution in [3.63, 3.8) is 0 Å². The fourth-order valence-electron chi connectivity index (χ4n) is 2.99. The summed E-state index contributed by atoms with van der Waals surface area (Å²) in [7, 11) is 2.06. The average Bonchev–Trinajstić information content (AvgIpc) is 2.49. The molecule has 3 N–H and O–H groups in total. The first-order chi connectivity index (χ1) is 9.93. The molecule has 0 bridgehead atoms. The Morgan fingerprint density at radius 2 is 1.62 bits per heavy atom. The molecule has 0 spiro atoms. The van der Waals surface area contributed by atoms with Gasteiger partial charge in [0.1, 0.15) is 5.60 Å². The van der Waals surface area contributed by atoms with Crippen molar-refractivity contribution in [2.75, 3.05) is 66.2 Å². The molecule has 1 atom stereocenters. The van der Waals surface area contributed by atoms with Gasteiger partial charge in [-0.25, -0.2) is 0 Å². The number of aliphatic hydroxyl groups is 1. The van der Waals surface area contributed by atoms with E-state index in [2.05, 4.69) is 36.4 Å². The molecule has 0 aromatic carbocycles. The Morgan fingerprint density at radius 3 is 2.29 bits per heavy atom. The number of hydrogen-bond acceptors (Lipinski definition) is 6. The van der Waals surface area contributed by atoms with Crippen LogP contribution in [0, 0.1) is 5.41 Å². The van der Waals surface area contributed by atoms with Crippen LogP contribution in [0.5, 0.6) is 0 Å². The maximum Gasteiger partial charge on any atom is 0.128 e. The predicted molar refractivity (Wildman–Crippen MR) is 82.5 cm³/mol. The van der Waals surface area contributed by atoms with Crippen LogP contribution in [-0.4, -0.2) is 87.8 Å². The molecule has 0 aromatic heterocycles. The summed E-state index contributed by atoms with van der Waals surface area (Å²) in [6.07, 6.45) is 0. The lowest BCUT2D eigenvalue weighted by Crippen LogP contribution is -2.62. The molecule has 0 amide bonds. The molecule has 0 radical (unpaired) electrons. The van der Waals surface area contributed by atoms with Crippen LogP contribution in [0.25, 0.3) is 0 Å². The fraction of sp³-hybridized carbons (Fsp3) is 1.00. The Bertz CT molecular complexity index is 313. The highest BCUT2D eigenvalue weighted by Crippen LogP contribution is 2.24. The summed E-state index contributed by atoms with van der Waals surface area (Å²) in [5, 5.41) is 17.9. The molecule has 2 rings (SSSR count). The zero-order valence-corrected chi connectivity index (χ0v) is 13.7. The van der Waals surface area contributed by atoms with Crippen molar-refractivity contribution < 1.29 is 14.6 Å². The summed E-state index contributed by atoms with van der Waals surface area (Å²) in [5.41, 5.74) is -0.962. The summed E-state index contributed by atoms with van der Waals surface area (Å²) in [5.74, 6) is 0. The highest BCUT2D eigenvalue weighted by molar-refractivity contribution is 4.95. The van der Waals surface area contributed by atoms with Crippen LogP contribution in [0.15, 0.2) is 0 Å². The molecule has 6 nitrogen and oxygen atoms in total. The molecule has 124 valence electrons. The molecule has 2 aliphatic rings. The monoisotopic (exact) mass is 301 g/mol. The van der Waals surface area contributed by atoms with E-state index in [0.29, 0.717) is 26.4 Å². The summed E-state index contributed by atoms with van der Waals surface area (Å²) >= 11 is 0. The van der Waals surface area contributed by atoms with Gasteiger partial charge in [0.15, 0.2) is 0 Å². The smallest absolute Gasteiger partial charge is 0.128 e. The quantitative estimate of drug-likeness (QED) is 0.594. The number of likely N-dealkylation sites (N-methyl/N-ethyl adjacent to an activating group) is 1. The van der Waals surface area contributed by atoms with E-state index in [1.54, 1.807) is 0 Å². The van der Waals surface area contributed by atoms with Crippen LogP contribution in [-0.2, 0) is 9.47 Å². The van der Waals surface area contributed by atoms with Gasteiger partial charge in [0, 0.05) is 38.1 Å². The van der Waals surface area contributed by atoms with Crippen LogP contribution in [0.2, 0.25) is 0 Å². The highest BCUT2D eigenvalue weighted by Gasteiger charge is 2.41. The van der Waals surface area contributed by atoms with Crippen molar-refractivity contribution >= 4 is 0 Å². The van der Waals surface area contributed by atoms with Gasteiger partial charge in [-0.1, -0.05) is 13.8 Å². The minimum absolute atomic E-state index is 0.00775. The minimum atomic E-state index is -0.970. The fourth-order valence-corrected chi connectivity index (χ4v) is 2.99. The molecular weight excluding hydrogens is 270 g/mol. The first-order valence-corrected chi connectivity index (χ1v) is 7.93. The van der Waals surface area contributed by atoms with Gasteiger partial charge in [0.2, 0.25) is 0 Å². The largest absolute Gasteiger partial charge is 0.383 e. The van der Waals surface area contributed by atoms with Gasteiger partial charge in [-0.05, 0) is 7.05 Å². The van der Waals surface area contributed by atoms with E-state index in [0.717, 1.165) is 32.7 Å². The van der Waals surface area contributed by atoms with Crippen LogP contribution in [0.3, 0.4) is 0 Å². The van der Waals surface area contributed by atoms with E-state index >= 15 is 0 Å². The van der Waals surface area contributed by atoms with Gasteiger partial charge in [0.05, 0.1) is 32.5 Å². The second-order valence-electron chi connectivity index (χ2n) is 7.20. The standard InChI is InChI=1S/C15H31N3O3/c1-14(2)9-20-11-15(19,12-21-10-14)13-8-17-5-4-16-6-7-18(13)3/h13,16-17,19H,4-12H2,1-3H3. The van der Waals surface area contributed by atoms with Gasteiger partial charge in [-0.2, -0.15) is 0 Å². The molecule has 21 heavy (non-hydrogen) atoms. The highest BCUT2D eigenvalue weighted by atomic mass is 16.5. The lowest BCUT2D eigenvalue weighted by Gasteiger charge is -2.43. The van der Waals surface area contributed by atoms with Crippen LogP contribution >= 0.6 is 0 Å². The summed E-state index contributed by atoms with van der Waals surface area (Å²) in [6.45, 7) is 10.6. The first-order valence-electron chi connectivity index (χ1n) is 7.93. The van der Waals surface area contributed by atoms with Crippen LogP contribution in [0.4, 0.5) is 0 Å². The van der Waals surface area contributed by atoms with Crippen molar-refractivity contribution in [1.29, 1.82) is 0 Å². The van der Waals surface area contributed by atoms with Gasteiger partial charge >= 0.3 is 0 Å². The third-order valence-electron chi connectivity index (χ3n) is 4.30. The van der Waals surface area contributed by atoms with Crippen molar-refractivity contribution in [3.8, 4) is 0 Å². The zero-order chi connectivity index (χ0) is 15.3. The SMILES string of the molecule is CN1CCNCCNCC1C1(O)COCC(C)(C)COC1. The van der Waals surface area contributed by atoms with Crippen LogP contribution < -0.4 is 10.6 Å². The van der Waals surface area contributed by atoms with E-state index in [4.69, 9.17) is 9.47 Å². The predicted octanol–water partition coefficient (Wildman–Crippen LogP) is -0.716. The minimum Gasteiger partial charge on any atom is -0.383 e.